The van der Waals surface area contributed by atoms with Crippen LogP contribution in [0.2, 0.25) is 5.02 Å². The normalized spacial score (nSPS) is 12.4. The van der Waals surface area contributed by atoms with Crippen molar-refractivity contribution in [3.05, 3.63) is 86.7 Å². The molecule has 4 rings (SSSR count). The molecule has 0 atom stereocenters. The summed E-state index contributed by atoms with van der Waals surface area (Å²) in [4.78, 5) is 48.4. The lowest BCUT2D eigenvalue weighted by atomic mass is 10.1. The minimum absolute atomic E-state index is 0.0343. The molecule has 2 aromatic carbocycles. The van der Waals surface area contributed by atoms with Gasteiger partial charge in [0.1, 0.15) is 5.82 Å². The Hall–Kier alpha value is -3.91. The zero-order valence-electron chi connectivity index (χ0n) is 14.7. The number of benzene rings is 2. The number of anilines is 2. The summed E-state index contributed by atoms with van der Waals surface area (Å²) in [6, 6.07) is 13.9. The van der Waals surface area contributed by atoms with Gasteiger partial charge in [-0.25, -0.2) is 0 Å². The first-order chi connectivity index (χ1) is 13.8. The molecule has 29 heavy (non-hydrogen) atoms. The average Bonchev–Trinajstić information content (AvgIpc) is 2.96. The summed E-state index contributed by atoms with van der Waals surface area (Å²) < 4.78 is 1.12. The van der Waals surface area contributed by atoms with Gasteiger partial charge in [0, 0.05) is 22.3 Å². The number of nitrogens with two attached hydrogens (primary N) is 1. The zero-order valence-corrected chi connectivity index (χ0v) is 15.5. The molecular weight excluding hydrogens is 396 g/mol. The van der Waals surface area contributed by atoms with Gasteiger partial charge < -0.3 is 11.1 Å². The summed E-state index contributed by atoms with van der Waals surface area (Å²) in [7, 11) is 0. The molecule has 1 aliphatic heterocycles. The van der Waals surface area contributed by atoms with Crippen LogP contribution in [-0.4, -0.2) is 22.3 Å². The van der Waals surface area contributed by atoms with E-state index in [9.17, 15) is 19.2 Å². The molecule has 4 N–H and O–H groups in total. The molecule has 0 saturated heterocycles. The van der Waals surface area contributed by atoms with Crippen molar-refractivity contribution < 1.29 is 14.4 Å². The van der Waals surface area contributed by atoms with Crippen LogP contribution >= 0.6 is 11.6 Å². The average molecular weight is 409 g/mol. The monoisotopic (exact) mass is 408 g/mol. The van der Waals surface area contributed by atoms with Crippen LogP contribution < -0.4 is 21.9 Å². The second-order valence-electron chi connectivity index (χ2n) is 6.29. The Morgan fingerprint density at radius 3 is 2.41 bits per heavy atom. The van der Waals surface area contributed by atoms with E-state index in [1.54, 1.807) is 48.5 Å². The zero-order chi connectivity index (χ0) is 20.7. The maximum Gasteiger partial charge on any atom is 0.262 e. The van der Waals surface area contributed by atoms with E-state index >= 15 is 0 Å². The van der Waals surface area contributed by atoms with Gasteiger partial charge in [0.15, 0.2) is 0 Å². The number of hydrogen-bond acceptors (Lipinski definition) is 5. The Kier molecular flexibility index (Phi) is 4.40. The topological polar surface area (TPSA) is 123 Å². The van der Waals surface area contributed by atoms with E-state index in [0.29, 0.717) is 22.0 Å². The minimum atomic E-state index is -0.653. The summed E-state index contributed by atoms with van der Waals surface area (Å²) >= 11 is 5.90. The summed E-state index contributed by atoms with van der Waals surface area (Å²) in [6.45, 7) is 0. The Bertz CT molecular complexity index is 1250. The third-order valence-electron chi connectivity index (χ3n) is 4.42. The number of nitrogens with one attached hydrogen (secondary N) is 2. The SMILES string of the molecule is Nc1c2c(cc(=O)n1-c1ccc(NC(=O)c3cccc(Cl)c3)cc1)C(=O)NC2=O. The van der Waals surface area contributed by atoms with Crippen molar-refractivity contribution in [1.82, 2.24) is 9.88 Å². The van der Waals surface area contributed by atoms with Crippen LogP contribution in [0.1, 0.15) is 31.1 Å². The van der Waals surface area contributed by atoms with Crippen LogP contribution in [0, 0.1) is 0 Å². The molecule has 2 heterocycles. The highest BCUT2D eigenvalue weighted by atomic mass is 35.5. The van der Waals surface area contributed by atoms with E-state index in [1.165, 1.54) is 0 Å². The lowest BCUT2D eigenvalue weighted by Crippen LogP contribution is -2.24. The Labute approximate surface area is 168 Å². The quantitative estimate of drug-likeness (QED) is 0.573. The summed E-state index contributed by atoms with van der Waals surface area (Å²) in [6.07, 6.45) is 0. The fraction of sp³-hybridized carbons (Fsp3) is 0. The Morgan fingerprint density at radius 2 is 1.72 bits per heavy atom. The van der Waals surface area contributed by atoms with Crippen LogP contribution in [0.5, 0.6) is 0 Å². The second-order valence-corrected chi connectivity index (χ2v) is 6.72. The third kappa shape index (κ3) is 3.26. The van der Waals surface area contributed by atoms with Crippen LogP contribution in [-0.2, 0) is 0 Å². The molecule has 9 heteroatoms. The first kappa shape index (κ1) is 18.5. The van der Waals surface area contributed by atoms with Crippen LogP contribution in [0.25, 0.3) is 5.69 Å². The summed E-state index contributed by atoms with van der Waals surface area (Å²) in [5.74, 6) is -1.78. The van der Waals surface area contributed by atoms with Crippen molar-refractivity contribution in [3.63, 3.8) is 0 Å². The van der Waals surface area contributed by atoms with E-state index in [4.69, 9.17) is 17.3 Å². The van der Waals surface area contributed by atoms with E-state index in [1.807, 2.05) is 0 Å². The highest BCUT2D eigenvalue weighted by Crippen LogP contribution is 2.23. The van der Waals surface area contributed by atoms with Gasteiger partial charge in [-0.15, -0.1) is 0 Å². The maximum absolute atomic E-state index is 12.4. The number of imide groups is 1. The largest absolute Gasteiger partial charge is 0.384 e. The van der Waals surface area contributed by atoms with Gasteiger partial charge >= 0.3 is 0 Å². The molecule has 0 fully saturated rings. The molecule has 0 aliphatic carbocycles. The predicted octanol–water partition coefficient (Wildman–Crippen LogP) is 2.21. The van der Waals surface area contributed by atoms with Gasteiger partial charge in [0.25, 0.3) is 23.3 Å². The number of aromatic nitrogens is 1. The van der Waals surface area contributed by atoms with Gasteiger partial charge in [0.2, 0.25) is 0 Å². The fourth-order valence-corrected chi connectivity index (χ4v) is 3.26. The Morgan fingerprint density at radius 1 is 1.00 bits per heavy atom. The second kappa shape index (κ2) is 6.92. The van der Waals surface area contributed by atoms with Crippen molar-refractivity contribution in [3.8, 4) is 5.69 Å². The first-order valence-electron chi connectivity index (χ1n) is 8.44. The number of pyridine rings is 1. The molecule has 0 saturated carbocycles. The molecule has 8 nitrogen and oxygen atoms in total. The molecule has 1 aromatic heterocycles. The Balaban J connectivity index is 1.65. The molecule has 0 radical (unpaired) electrons. The number of rotatable bonds is 3. The molecular formula is C20H13ClN4O4. The highest BCUT2D eigenvalue weighted by Gasteiger charge is 2.31. The van der Waals surface area contributed by atoms with Crippen molar-refractivity contribution >= 4 is 40.8 Å². The van der Waals surface area contributed by atoms with E-state index < -0.39 is 17.4 Å². The van der Waals surface area contributed by atoms with Crippen molar-refractivity contribution in [2.24, 2.45) is 0 Å². The van der Waals surface area contributed by atoms with Gasteiger partial charge in [-0.1, -0.05) is 17.7 Å². The number of fused-ring (bicyclic) bond motifs is 1. The molecule has 3 aromatic rings. The first-order valence-corrected chi connectivity index (χ1v) is 8.81. The summed E-state index contributed by atoms with van der Waals surface area (Å²) in [5.41, 5.74) is 6.63. The van der Waals surface area contributed by atoms with E-state index in [-0.39, 0.29) is 22.9 Å². The number of carbonyl (C=O) groups is 3. The van der Waals surface area contributed by atoms with Crippen LogP contribution in [0.4, 0.5) is 11.5 Å². The van der Waals surface area contributed by atoms with Crippen molar-refractivity contribution in [2.75, 3.05) is 11.1 Å². The van der Waals surface area contributed by atoms with E-state index in [0.717, 1.165) is 10.6 Å². The molecule has 1 aliphatic rings. The lowest BCUT2D eigenvalue weighted by molar-refractivity contribution is 0.0879. The van der Waals surface area contributed by atoms with Crippen molar-refractivity contribution in [2.45, 2.75) is 0 Å². The van der Waals surface area contributed by atoms with Gasteiger partial charge in [-0.2, -0.15) is 0 Å². The molecule has 3 amide bonds. The molecule has 144 valence electrons. The third-order valence-corrected chi connectivity index (χ3v) is 4.66. The summed E-state index contributed by atoms with van der Waals surface area (Å²) in [5, 5.41) is 5.28. The van der Waals surface area contributed by atoms with Gasteiger partial charge in [-0.05, 0) is 42.5 Å². The number of amides is 3. The van der Waals surface area contributed by atoms with Crippen LogP contribution in [0.3, 0.4) is 0 Å². The smallest absolute Gasteiger partial charge is 0.262 e. The fourth-order valence-electron chi connectivity index (χ4n) is 3.07. The van der Waals surface area contributed by atoms with E-state index in [2.05, 4.69) is 10.6 Å². The number of carbonyl (C=O) groups excluding carboxylic acids is 3. The highest BCUT2D eigenvalue weighted by molar-refractivity contribution is 6.31. The molecule has 0 spiro atoms. The molecule has 0 bridgehead atoms. The number of nitrogens with zero attached hydrogens (tertiary/aromatic N) is 1. The predicted molar refractivity (Wildman–Crippen MR) is 108 cm³/mol. The number of hydrogen-bond donors (Lipinski definition) is 3. The van der Waals surface area contributed by atoms with Crippen molar-refractivity contribution in [1.29, 1.82) is 0 Å². The standard InChI is InChI=1S/C20H13ClN4O4/c21-11-3-1-2-10(8-11)18(27)23-12-4-6-13(7-5-12)25-15(26)9-14-16(17(25)22)20(29)24-19(14)28/h1-9H,22H2,(H,23,27)(H,24,28,29). The maximum atomic E-state index is 12.4. The lowest BCUT2D eigenvalue weighted by Gasteiger charge is -2.13. The number of nitrogen functional groups attached to an aromatic ring is 1. The van der Waals surface area contributed by atoms with Crippen LogP contribution in [0.15, 0.2) is 59.4 Å². The minimum Gasteiger partial charge on any atom is -0.384 e. The molecule has 0 unspecified atom stereocenters. The van der Waals surface area contributed by atoms with Gasteiger partial charge in [-0.3, -0.25) is 29.1 Å². The van der Waals surface area contributed by atoms with Gasteiger partial charge in [0.05, 0.1) is 16.8 Å². The number of halogens is 1.